The fourth-order valence-corrected chi connectivity index (χ4v) is 4.51. The minimum Gasteiger partial charge on any atom is -0.496 e. The van der Waals surface area contributed by atoms with Crippen LogP contribution in [0.4, 0.5) is 18.9 Å². The first-order valence-corrected chi connectivity index (χ1v) is 11.4. The maximum absolute atomic E-state index is 14.3. The first kappa shape index (κ1) is 26.5. The van der Waals surface area contributed by atoms with Gasteiger partial charge in [-0.3, -0.25) is 4.99 Å². The number of aliphatic hydroxyl groups is 1. The van der Waals surface area contributed by atoms with E-state index in [9.17, 15) is 23.1 Å². The summed E-state index contributed by atoms with van der Waals surface area (Å²) >= 11 is 0. The molecule has 0 saturated carbocycles. The lowest BCUT2D eigenvalue weighted by Gasteiger charge is -2.36. The van der Waals surface area contributed by atoms with Gasteiger partial charge in [0.05, 0.1) is 12.8 Å². The molecule has 0 aliphatic carbocycles. The largest absolute Gasteiger partial charge is 0.496 e. The fourth-order valence-electron chi connectivity index (χ4n) is 4.51. The van der Waals surface area contributed by atoms with Gasteiger partial charge in [-0.2, -0.15) is 13.2 Å². The third-order valence-electron chi connectivity index (χ3n) is 6.33. The SMILES string of the molecule is COc1c(C(C)C)cccc1C(C)(C)CC(O)(C=Nc1cccc2c1C=CNC2C=O)C(F)(F)F. The number of alkyl halides is 3. The van der Waals surface area contributed by atoms with Crippen LogP contribution in [0.1, 0.15) is 68.3 Å². The van der Waals surface area contributed by atoms with E-state index in [-0.39, 0.29) is 11.6 Å². The van der Waals surface area contributed by atoms with Gasteiger partial charge in [0.15, 0.2) is 5.60 Å². The van der Waals surface area contributed by atoms with Gasteiger partial charge in [0.1, 0.15) is 18.1 Å². The average molecular weight is 489 g/mol. The Labute approximate surface area is 203 Å². The van der Waals surface area contributed by atoms with Crippen molar-refractivity contribution in [3.63, 3.8) is 0 Å². The van der Waals surface area contributed by atoms with Gasteiger partial charge in [-0.25, -0.2) is 0 Å². The van der Waals surface area contributed by atoms with E-state index in [2.05, 4.69) is 10.3 Å². The van der Waals surface area contributed by atoms with Crippen LogP contribution in [0.5, 0.6) is 5.75 Å². The number of para-hydroxylation sites is 1. The summed E-state index contributed by atoms with van der Waals surface area (Å²) in [6.45, 7) is 7.25. The molecule has 0 fully saturated rings. The Kier molecular flexibility index (Phi) is 7.45. The van der Waals surface area contributed by atoms with Gasteiger partial charge in [-0.15, -0.1) is 0 Å². The maximum atomic E-state index is 14.3. The number of halogens is 3. The van der Waals surface area contributed by atoms with Crippen LogP contribution in [0, 0.1) is 0 Å². The second-order valence-electron chi connectivity index (χ2n) is 9.72. The van der Waals surface area contributed by atoms with Gasteiger partial charge in [-0.05, 0) is 47.2 Å². The summed E-state index contributed by atoms with van der Waals surface area (Å²) in [5.41, 5.74) is -1.52. The van der Waals surface area contributed by atoms with E-state index in [4.69, 9.17) is 4.74 Å². The first-order chi connectivity index (χ1) is 16.3. The van der Waals surface area contributed by atoms with Crippen molar-refractivity contribution in [2.24, 2.45) is 4.99 Å². The molecule has 188 valence electrons. The highest BCUT2D eigenvalue weighted by Gasteiger charge is 2.55. The molecule has 0 radical (unpaired) electrons. The molecule has 2 aromatic carbocycles. The fraction of sp³-hybridized carbons (Fsp3) is 0.407. The van der Waals surface area contributed by atoms with Crippen molar-refractivity contribution in [3.05, 3.63) is 64.9 Å². The van der Waals surface area contributed by atoms with Crippen LogP contribution in [0.3, 0.4) is 0 Å². The molecule has 35 heavy (non-hydrogen) atoms. The van der Waals surface area contributed by atoms with Gasteiger partial charge in [-0.1, -0.05) is 58.0 Å². The number of benzene rings is 2. The molecule has 2 aromatic rings. The van der Waals surface area contributed by atoms with Crippen molar-refractivity contribution < 1.29 is 27.8 Å². The quantitative estimate of drug-likeness (QED) is 0.353. The Morgan fingerprint density at radius 1 is 1.17 bits per heavy atom. The molecule has 0 saturated heterocycles. The number of rotatable bonds is 8. The number of fused-ring (bicyclic) bond motifs is 1. The first-order valence-electron chi connectivity index (χ1n) is 11.4. The molecule has 2 unspecified atom stereocenters. The molecule has 5 nitrogen and oxygen atoms in total. The van der Waals surface area contributed by atoms with E-state index in [1.54, 1.807) is 56.5 Å². The summed E-state index contributed by atoms with van der Waals surface area (Å²) in [6.07, 6.45) is -1.19. The predicted octanol–water partition coefficient (Wildman–Crippen LogP) is 6.00. The molecule has 0 bridgehead atoms. The van der Waals surface area contributed by atoms with Crippen molar-refractivity contribution in [1.82, 2.24) is 5.32 Å². The number of carbonyl (C=O) groups is 1. The minimum atomic E-state index is -4.98. The molecular weight excluding hydrogens is 457 g/mol. The lowest BCUT2D eigenvalue weighted by atomic mass is 9.74. The molecule has 0 aromatic heterocycles. The van der Waals surface area contributed by atoms with E-state index in [1.165, 1.54) is 7.11 Å². The minimum absolute atomic E-state index is 0.103. The summed E-state index contributed by atoms with van der Waals surface area (Å²) in [5, 5.41) is 13.8. The number of hydrogen-bond acceptors (Lipinski definition) is 5. The number of hydrogen-bond donors (Lipinski definition) is 2. The van der Waals surface area contributed by atoms with E-state index < -0.39 is 29.7 Å². The zero-order chi connectivity index (χ0) is 26.0. The Hall–Kier alpha value is -3.13. The number of aliphatic imine (C=N–C) groups is 1. The predicted molar refractivity (Wildman–Crippen MR) is 131 cm³/mol. The topological polar surface area (TPSA) is 70.9 Å². The van der Waals surface area contributed by atoms with Crippen molar-refractivity contribution in [2.75, 3.05) is 7.11 Å². The third kappa shape index (κ3) is 5.27. The zero-order valence-corrected chi connectivity index (χ0v) is 20.5. The number of ether oxygens (including phenoxy) is 1. The highest BCUT2D eigenvalue weighted by Crippen LogP contribution is 2.45. The van der Waals surface area contributed by atoms with Crippen LogP contribution in [-0.2, 0) is 10.2 Å². The van der Waals surface area contributed by atoms with Gasteiger partial charge in [0, 0.05) is 17.3 Å². The summed E-state index contributed by atoms with van der Waals surface area (Å²) in [5.74, 6) is 0.620. The van der Waals surface area contributed by atoms with Crippen LogP contribution < -0.4 is 10.1 Å². The van der Waals surface area contributed by atoms with E-state index in [1.807, 2.05) is 19.9 Å². The van der Waals surface area contributed by atoms with Crippen LogP contribution in [0.2, 0.25) is 0 Å². The Bertz CT molecular complexity index is 1140. The zero-order valence-electron chi connectivity index (χ0n) is 20.5. The lowest BCUT2D eigenvalue weighted by Crippen LogP contribution is -2.50. The van der Waals surface area contributed by atoms with Crippen molar-refractivity contribution in [3.8, 4) is 5.75 Å². The molecule has 1 heterocycles. The van der Waals surface area contributed by atoms with Crippen LogP contribution in [0.15, 0.2) is 47.6 Å². The molecule has 0 amide bonds. The lowest BCUT2D eigenvalue weighted by molar-refractivity contribution is -0.234. The van der Waals surface area contributed by atoms with Crippen LogP contribution >= 0.6 is 0 Å². The molecule has 2 atom stereocenters. The molecule has 1 aliphatic rings. The number of carbonyl (C=O) groups excluding carboxylic acids is 1. The smallest absolute Gasteiger partial charge is 0.422 e. The highest BCUT2D eigenvalue weighted by atomic mass is 19.4. The van der Waals surface area contributed by atoms with Crippen LogP contribution in [-0.4, -0.2) is 36.5 Å². The van der Waals surface area contributed by atoms with Gasteiger partial charge < -0.3 is 20.0 Å². The third-order valence-corrected chi connectivity index (χ3v) is 6.33. The summed E-state index contributed by atoms with van der Waals surface area (Å²) in [6, 6.07) is 9.64. The summed E-state index contributed by atoms with van der Waals surface area (Å²) < 4.78 is 48.4. The molecule has 1 aliphatic heterocycles. The van der Waals surface area contributed by atoms with Gasteiger partial charge in [0.25, 0.3) is 0 Å². The Morgan fingerprint density at radius 3 is 2.46 bits per heavy atom. The average Bonchev–Trinajstić information content (AvgIpc) is 2.80. The summed E-state index contributed by atoms with van der Waals surface area (Å²) in [4.78, 5) is 15.4. The molecule has 0 spiro atoms. The van der Waals surface area contributed by atoms with Gasteiger partial charge in [0.2, 0.25) is 0 Å². The monoisotopic (exact) mass is 488 g/mol. The van der Waals surface area contributed by atoms with E-state index in [0.717, 1.165) is 5.56 Å². The number of nitrogens with zero attached hydrogens (tertiary/aromatic N) is 1. The van der Waals surface area contributed by atoms with Crippen molar-refractivity contribution in [1.29, 1.82) is 0 Å². The molecule has 3 rings (SSSR count). The van der Waals surface area contributed by atoms with Crippen LogP contribution in [0.25, 0.3) is 6.08 Å². The number of methoxy groups -OCH3 is 1. The Balaban J connectivity index is 2.04. The standard InChI is InChI=1S/C27H31F3N2O3/c1-17(2)18-8-6-10-21(24(18)35-5)25(3,4)15-26(34,27(28,29)30)16-32-22-11-7-9-19-20(22)12-13-31-23(19)14-33/h6-14,16-17,23,31,34H,15H2,1-5H3. The maximum Gasteiger partial charge on any atom is 0.422 e. The highest BCUT2D eigenvalue weighted by molar-refractivity contribution is 5.80. The molecule has 8 heteroatoms. The van der Waals surface area contributed by atoms with Crippen molar-refractivity contribution >= 4 is 24.3 Å². The van der Waals surface area contributed by atoms with E-state index in [0.29, 0.717) is 34.9 Å². The normalized spacial score (nSPS) is 17.7. The van der Waals surface area contributed by atoms with Gasteiger partial charge >= 0.3 is 6.18 Å². The second kappa shape index (κ2) is 9.85. The number of aldehydes is 1. The molecule has 2 N–H and O–H groups in total. The second-order valence-corrected chi connectivity index (χ2v) is 9.72. The van der Waals surface area contributed by atoms with E-state index >= 15 is 0 Å². The van der Waals surface area contributed by atoms with Crippen molar-refractivity contribution in [2.45, 2.75) is 63.3 Å². The Morgan fingerprint density at radius 2 is 1.86 bits per heavy atom. The summed E-state index contributed by atoms with van der Waals surface area (Å²) in [7, 11) is 1.49. The number of nitrogens with one attached hydrogen (secondary N) is 1. The molecular formula is C27H31F3N2O3.